The molecule has 1 aromatic rings. The van der Waals surface area contributed by atoms with Gasteiger partial charge in [0, 0.05) is 19.2 Å². The topological polar surface area (TPSA) is 29.9 Å². The van der Waals surface area contributed by atoms with Crippen LogP contribution in [0.1, 0.15) is 39.5 Å². The van der Waals surface area contributed by atoms with Crippen LogP contribution in [-0.4, -0.2) is 15.8 Å². The van der Waals surface area contributed by atoms with E-state index in [4.69, 9.17) is 0 Å². The Balaban J connectivity index is 1.84. The number of hydrogen-bond acceptors (Lipinski definition) is 2. The van der Waals surface area contributed by atoms with Crippen molar-refractivity contribution in [2.45, 2.75) is 45.6 Å². The van der Waals surface area contributed by atoms with E-state index in [0.717, 1.165) is 17.7 Å². The van der Waals surface area contributed by atoms with E-state index in [9.17, 15) is 0 Å². The van der Waals surface area contributed by atoms with Crippen molar-refractivity contribution in [1.29, 1.82) is 0 Å². The van der Waals surface area contributed by atoms with Crippen LogP contribution in [0.2, 0.25) is 0 Å². The largest absolute Gasteiger partial charge is 0.368 e. The van der Waals surface area contributed by atoms with Gasteiger partial charge < -0.3 is 5.32 Å². The van der Waals surface area contributed by atoms with Gasteiger partial charge in [-0.25, -0.2) is 0 Å². The highest BCUT2D eigenvalue weighted by Gasteiger charge is 2.23. The van der Waals surface area contributed by atoms with Gasteiger partial charge >= 0.3 is 0 Å². The molecule has 1 aliphatic rings. The third-order valence-electron chi connectivity index (χ3n) is 3.89. The van der Waals surface area contributed by atoms with E-state index < -0.39 is 0 Å². The molecule has 90 valence electrons. The molecule has 0 bridgehead atoms. The van der Waals surface area contributed by atoms with E-state index in [1.165, 1.54) is 25.7 Å². The first-order valence-corrected chi connectivity index (χ1v) is 6.41. The van der Waals surface area contributed by atoms with Gasteiger partial charge in [0.15, 0.2) is 0 Å². The van der Waals surface area contributed by atoms with Gasteiger partial charge in [0.05, 0.1) is 6.20 Å². The second-order valence-corrected chi connectivity index (χ2v) is 5.34. The summed E-state index contributed by atoms with van der Waals surface area (Å²) in [5.41, 5.74) is 0. The van der Waals surface area contributed by atoms with E-state index in [0.29, 0.717) is 6.04 Å². The molecule has 1 saturated carbocycles. The summed E-state index contributed by atoms with van der Waals surface area (Å²) in [6.07, 6.45) is 7.19. The molecule has 1 heterocycles. The van der Waals surface area contributed by atoms with Crippen LogP contribution in [0.5, 0.6) is 0 Å². The number of anilines is 1. The molecule has 0 spiro atoms. The summed E-state index contributed by atoms with van der Waals surface area (Å²) in [5, 5.41) is 7.77. The van der Waals surface area contributed by atoms with E-state index in [-0.39, 0.29) is 0 Å². The predicted molar refractivity (Wildman–Crippen MR) is 67.4 cm³/mol. The van der Waals surface area contributed by atoms with Gasteiger partial charge in [-0.15, -0.1) is 0 Å². The van der Waals surface area contributed by atoms with E-state index in [2.05, 4.69) is 30.3 Å². The zero-order valence-corrected chi connectivity index (χ0v) is 10.6. The van der Waals surface area contributed by atoms with Crippen molar-refractivity contribution in [1.82, 2.24) is 9.78 Å². The normalized spacial score (nSPS) is 26.0. The first-order chi connectivity index (χ1) is 7.66. The molecule has 0 aliphatic heterocycles. The van der Waals surface area contributed by atoms with Gasteiger partial charge in [0.25, 0.3) is 0 Å². The van der Waals surface area contributed by atoms with Crippen LogP contribution in [0.4, 0.5) is 5.82 Å². The highest BCUT2D eigenvalue weighted by Crippen LogP contribution is 2.31. The first-order valence-electron chi connectivity index (χ1n) is 6.41. The minimum atomic E-state index is 0.644. The summed E-state index contributed by atoms with van der Waals surface area (Å²) in [6, 6.07) is 2.69. The van der Waals surface area contributed by atoms with Crippen LogP contribution < -0.4 is 5.32 Å². The SMILES string of the molecule is CC(C)C1CCC(Nc2ccnn2C)CC1. The maximum absolute atomic E-state index is 4.18. The van der Waals surface area contributed by atoms with Gasteiger partial charge in [0.2, 0.25) is 0 Å². The van der Waals surface area contributed by atoms with Gasteiger partial charge in [-0.05, 0) is 37.5 Å². The first kappa shape index (κ1) is 11.5. The summed E-state index contributed by atoms with van der Waals surface area (Å²) >= 11 is 0. The molecule has 1 aromatic heterocycles. The highest BCUT2D eigenvalue weighted by molar-refractivity contribution is 5.34. The van der Waals surface area contributed by atoms with Crippen molar-refractivity contribution in [3.05, 3.63) is 12.3 Å². The Labute approximate surface area is 98.2 Å². The number of aromatic nitrogens is 2. The van der Waals surface area contributed by atoms with E-state index >= 15 is 0 Å². The van der Waals surface area contributed by atoms with E-state index in [1.54, 1.807) is 0 Å². The van der Waals surface area contributed by atoms with Crippen molar-refractivity contribution < 1.29 is 0 Å². The monoisotopic (exact) mass is 221 g/mol. The Morgan fingerprint density at radius 3 is 2.50 bits per heavy atom. The number of nitrogens with zero attached hydrogens (tertiary/aromatic N) is 2. The molecule has 0 saturated heterocycles. The lowest BCUT2D eigenvalue weighted by atomic mass is 9.80. The zero-order valence-electron chi connectivity index (χ0n) is 10.6. The Bertz CT molecular complexity index is 322. The third-order valence-corrected chi connectivity index (χ3v) is 3.89. The Morgan fingerprint density at radius 2 is 2.00 bits per heavy atom. The van der Waals surface area contributed by atoms with Crippen LogP contribution in [0.3, 0.4) is 0 Å². The van der Waals surface area contributed by atoms with Crippen LogP contribution >= 0.6 is 0 Å². The minimum Gasteiger partial charge on any atom is -0.368 e. The van der Waals surface area contributed by atoms with Crippen LogP contribution in [0.15, 0.2) is 12.3 Å². The fourth-order valence-electron chi connectivity index (χ4n) is 2.65. The van der Waals surface area contributed by atoms with Crippen LogP contribution in [-0.2, 0) is 7.05 Å². The number of hydrogen-bond donors (Lipinski definition) is 1. The average molecular weight is 221 g/mol. The molecule has 0 unspecified atom stereocenters. The second-order valence-electron chi connectivity index (χ2n) is 5.34. The molecule has 3 nitrogen and oxygen atoms in total. The molecule has 0 radical (unpaired) electrons. The van der Waals surface area contributed by atoms with Gasteiger partial charge in [-0.3, -0.25) is 4.68 Å². The van der Waals surface area contributed by atoms with Crippen molar-refractivity contribution in [2.24, 2.45) is 18.9 Å². The number of rotatable bonds is 3. The van der Waals surface area contributed by atoms with Crippen molar-refractivity contribution in [3.8, 4) is 0 Å². The Hall–Kier alpha value is -0.990. The highest BCUT2D eigenvalue weighted by atomic mass is 15.3. The minimum absolute atomic E-state index is 0.644. The van der Waals surface area contributed by atoms with Crippen molar-refractivity contribution >= 4 is 5.82 Å². The average Bonchev–Trinajstić information content (AvgIpc) is 2.65. The fraction of sp³-hybridized carbons (Fsp3) is 0.769. The Morgan fingerprint density at radius 1 is 1.31 bits per heavy atom. The number of nitrogens with one attached hydrogen (secondary N) is 1. The van der Waals surface area contributed by atoms with Crippen LogP contribution in [0.25, 0.3) is 0 Å². The molecule has 1 N–H and O–H groups in total. The summed E-state index contributed by atoms with van der Waals surface area (Å²) in [4.78, 5) is 0. The van der Waals surface area contributed by atoms with Gasteiger partial charge in [-0.2, -0.15) is 5.10 Å². The molecule has 1 fully saturated rings. The summed E-state index contributed by atoms with van der Waals surface area (Å²) in [7, 11) is 1.99. The standard InChI is InChI=1S/C13H23N3/c1-10(2)11-4-6-12(7-5-11)15-13-8-9-14-16(13)3/h8-12,15H,4-7H2,1-3H3. The maximum Gasteiger partial charge on any atom is 0.124 e. The molecule has 1 aliphatic carbocycles. The summed E-state index contributed by atoms with van der Waals surface area (Å²) in [5.74, 6) is 2.93. The lowest BCUT2D eigenvalue weighted by molar-refractivity contribution is 0.266. The zero-order chi connectivity index (χ0) is 11.5. The molecule has 16 heavy (non-hydrogen) atoms. The summed E-state index contributed by atoms with van der Waals surface area (Å²) < 4.78 is 1.91. The number of aryl methyl sites for hydroxylation is 1. The van der Waals surface area contributed by atoms with Crippen LogP contribution in [0, 0.1) is 11.8 Å². The fourth-order valence-corrected chi connectivity index (χ4v) is 2.65. The van der Waals surface area contributed by atoms with E-state index in [1.807, 2.05) is 17.9 Å². The third kappa shape index (κ3) is 2.57. The smallest absolute Gasteiger partial charge is 0.124 e. The maximum atomic E-state index is 4.18. The Kier molecular flexibility index (Phi) is 3.52. The molecule has 3 heteroatoms. The van der Waals surface area contributed by atoms with Crippen molar-refractivity contribution in [2.75, 3.05) is 5.32 Å². The van der Waals surface area contributed by atoms with Gasteiger partial charge in [0.1, 0.15) is 5.82 Å². The molecule has 0 aromatic carbocycles. The molecular formula is C13H23N3. The van der Waals surface area contributed by atoms with Crippen molar-refractivity contribution in [3.63, 3.8) is 0 Å². The lowest BCUT2D eigenvalue weighted by Gasteiger charge is -2.31. The quantitative estimate of drug-likeness (QED) is 0.850. The molecule has 2 rings (SSSR count). The summed E-state index contributed by atoms with van der Waals surface area (Å²) in [6.45, 7) is 4.69. The lowest BCUT2D eigenvalue weighted by Crippen LogP contribution is -2.28. The molecule has 0 amide bonds. The van der Waals surface area contributed by atoms with Gasteiger partial charge in [-0.1, -0.05) is 13.8 Å². The second kappa shape index (κ2) is 4.89. The molecule has 0 atom stereocenters. The molecular weight excluding hydrogens is 198 g/mol. The predicted octanol–water partition coefficient (Wildman–Crippen LogP) is 3.05.